The Bertz CT molecular complexity index is 1450. The first-order valence-corrected chi connectivity index (χ1v) is 15.1. The quantitative estimate of drug-likeness (QED) is 0.336. The molecule has 7 nitrogen and oxygen atoms in total. The van der Waals surface area contributed by atoms with Crippen molar-refractivity contribution < 1.29 is 18.0 Å². The fraction of sp³-hybridized carbons (Fsp3) is 0.375. The van der Waals surface area contributed by atoms with Gasteiger partial charge in [-0.2, -0.15) is 0 Å². The van der Waals surface area contributed by atoms with Crippen LogP contribution in [0.25, 0.3) is 0 Å². The number of nitrogens with one attached hydrogen (secondary N) is 1. The number of rotatable bonds is 11. The van der Waals surface area contributed by atoms with Crippen LogP contribution in [0.3, 0.4) is 0 Å². The normalized spacial score (nSPS) is 12.9. The topological polar surface area (TPSA) is 86.8 Å². The van der Waals surface area contributed by atoms with Crippen LogP contribution < -0.4 is 9.62 Å². The zero-order valence-corrected chi connectivity index (χ0v) is 25.4. The van der Waals surface area contributed by atoms with Crippen molar-refractivity contribution in [3.63, 3.8) is 0 Å². The van der Waals surface area contributed by atoms with Crippen molar-refractivity contribution in [1.82, 2.24) is 10.2 Å². The molecular formula is C32H41N3O4S. The maximum Gasteiger partial charge on any atom is 0.264 e. The minimum Gasteiger partial charge on any atom is -0.352 e. The number of amides is 2. The third-order valence-corrected chi connectivity index (χ3v) is 9.07. The third-order valence-electron chi connectivity index (χ3n) is 7.29. The van der Waals surface area contributed by atoms with Crippen LogP contribution >= 0.6 is 0 Å². The average molecular weight is 564 g/mol. The van der Waals surface area contributed by atoms with Gasteiger partial charge in [0.1, 0.15) is 12.6 Å². The zero-order chi connectivity index (χ0) is 29.6. The molecule has 0 aromatic heterocycles. The molecule has 0 aliphatic heterocycles. The summed E-state index contributed by atoms with van der Waals surface area (Å²) in [4.78, 5) is 28.9. The predicted octanol–water partition coefficient (Wildman–Crippen LogP) is 5.45. The minimum atomic E-state index is -4.10. The van der Waals surface area contributed by atoms with Crippen molar-refractivity contribution in [1.29, 1.82) is 0 Å². The van der Waals surface area contributed by atoms with Gasteiger partial charge in [0.15, 0.2) is 0 Å². The molecule has 0 saturated heterocycles. The van der Waals surface area contributed by atoms with Crippen molar-refractivity contribution in [3.05, 3.63) is 94.5 Å². The van der Waals surface area contributed by atoms with Gasteiger partial charge in [-0.15, -0.1) is 0 Å². The lowest BCUT2D eigenvalue weighted by atomic mass is 10.1. The second-order valence-electron chi connectivity index (χ2n) is 10.6. The van der Waals surface area contributed by atoms with E-state index in [1.54, 1.807) is 37.3 Å². The van der Waals surface area contributed by atoms with Gasteiger partial charge in [-0.1, -0.05) is 61.0 Å². The average Bonchev–Trinajstić information content (AvgIpc) is 2.92. The number of benzene rings is 3. The van der Waals surface area contributed by atoms with E-state index in [-0.39, 0.29) is 23.4 Å². The van der Waals surface area contributed by atoms with Gasteiger partial charge in [0, 0.05) is 12.6 Å². The molecule has 1 N–H and O–H groups in total. The van der Waals surface area contributed by atoms with Crippen LogP contribution in [-0.2, 0) is 26.2 Å². The highest BCUT2D eigenvalue weighted by Crippen LogP contribution is 2.29. The molecule has 2 atom stereocenters. The van der Waals surface area contributed by atoms with Gasteiger partial charge in [0.25, 0.3) is 10.0 Å². The van der Waals surface area contributed by atoms with E-state index in [2.05, 4.69) is 5.32 Å². The monoisotopic (exact) mass is 563 g/mol. The van der Waals surface area contributed by atoms with Crippen molar-refractivity contribution in [2.45, 2.75) is 78.4 Å². The predicted molar refractivity (Wildman–Crippen MR) is 161 cm³/mol. The molecule has 0 fully saturated rings. The fourth-order valence-electron chi connectivity index (χ4n) is 4.36. The van der Waals surface area contributed by atoms with Crippen molar-refractivity contribution >= 4 is 27.5 Å². The van der Waals surface area contributed by atoms with E-state index < -0.39 is 28.5 Å². The molecule has 3 aromatic rings. The van der Waals surface area contributed by atoms with Gasteiger partial charge in [-0.3, -0.25) is 13.9 Å². The lowest BCUT2D eigenvalue weighted by Crippen LogP contribution is -2.52. The Morgan fingerprint density at radius 3 is 2.10 bits per heavy atom. The van der Waals surface area contributed by atoms with Gasteiger partial charge >= 0.3 is 0 Å². The molecule has 0 bridgehead atoms. The van der Waals surface area contributed by atoms with Gasteiger partial charge < -0.3 is 10.2 Å². The molecule has 0 spiro atoms. The molecule has 0 heterocycles. The molecule has 40 heavy (non-hydrogen) atoms. The Kier molecular flexibility index (Phi) is 10.1. The van der Waals surface area contributed by atoms with Crippen LogP contribution in [0.1, 0.15) is 55.0 Å². The first kappa shape index (κ1) is 30.9. The lowest BCUT2D eigenvalue weighted by Gasteiger charge is -2.33. The number of sulfonamides is 1. The summed E-state index contributed by atoms with van der Waals surface area (Å²) in [5, 5.41) is 2.96. The van der Waals surface area contributed by atoms with Gasteiger partial charge in [0.05, 0.1) is 10.6 Å². The lowest BCUT2D eigenvalue weighted by molar-refractivity contribution is -0.139. The fourth-order valence-corrected chi connectivity index (χ4v) is 5.83. The van der Waals surface area contributed by atoms with E-state index in [1.165, 1.54) is 9.21 Å². The molecule has 0 unspecified atom stereocenters. The van der Waals surface area contributed by atoms with Crippen LogP contribution in [0, 0.1) is 27.7 Å². The van der Waals surface area contributed by atoms with Crippen LogP contribution in [0.15, 0.2) is 71.6 Å². The summed E-state index contributed by atoms with van der Waals surface area (Å²) in [5.41, 5.74) is 4.82. The Morgan fingerprint density at radius 1 is 0.850 bits per heavy atom. The minimum absolute atomic E-state index is 0.0567. The largest absolute Gasteiger partial charge is 0.352 e. The van der Waals surface area contributed by atoms with E-state index in [0.29, 0.717) is 5.69 Å². The number of aryl methyl sites for hydroxylation is 4. The summed E-state index contributed by atoms with van der Waals surface area (Å²) in [6.45, 7) is 12.8. The van der Waals surface area contributed by atoms with Crippen LogP contribution in [0.4, 0.5) is 5.69 Å². The maximum atomic E-state index is 14.1. The molecule has 214 valence electrons. The summed E-state index contributed by atoms with van der Waals surface area (Å²) in [6, 6.07) is 18.9. The molecule has 3 aromatic carbocycles. The van der Waals surface area contributed by atoms with Crippen LogP contribution in [0.2, 0.25) is 0 Å². The number of anilines is 1. The molecule has 8 heteroatoms. The van der Waals surface area contributed by atoms with E-state index in [4.69, 9.17) is 0 Å². The smallest absolute Gasteiger partial charge is 0.264 e. The molecule has 0 saturated carbocycles. The molecular weight excluding hydrogens is 522 g/mol. The number of carbonyl (C=O) groups is 2. The maximum absolute atomic E-state index is 14.1. The SMILES string of the molecule is CC[C@H](C)NC(=O)[C@@H](C)N(Cc1ccccc1C)C(=O)CN(c1cc(C)ccc1C)S(=O)(=O)c1ccc(C)cc1. The summed E-state index contributed by atoms with van der Waals surface area (Å²) in [5.74, 6) is -0.748. The van der Waals surface area contributed by atoms with Crippen molar-refractivity contribution in [2.75, 3.05) is 10.8 Å². The summed E-state index contributed by atoms with van der Waals surface area (Å²) >= 11 is 0. The van der Waals surface area contributed by atoms with E-state index in [1.807, 2.05) is 77.9 Å². The molecule has 3 rings (SSSR count). The third kappa shape index (κ3) is 7.30. The van der Waals surface area contributed by atoms with E-state index >= 15 is 0 Å². The Labute approximate surface area is 239 Å². The number of hydrogen-bond donors (Lipinski definition) is 1. The van der Waals surface area contributed by atoms with Crippen LogP contribution in [-0.4, -0.2) is 43.8 Å². The Balaban J connectivity index is 2.08. The standard InChI is InChI=1S/C32H41N3O4S/c1-8-26(6)33-32(37)27(7)34(20-28-12-10-9-11-24(28)4)31(36)21-35(30-19-23(3)13-16-25(30)5)40(38,39)29-17-14-22(2)15-18-29/h9-19,26-27H,8,20-21H2,1-7H3,(H,33,37)/t26-,27+/m0/s1. The first-order valence-electron chi connectivity index (χ1n) is 13.7. The second-order valence-corrected chi connectivity index (χ2v) is 12.4. The zero-order valence-electron chi connectivity index (χ0n) is 24.6. The Morgan fingerprint density at radius 2 is 1.48 bits per heavy atom. The molecule has 0 aliphatic rings. The van der Waals surface area contributed by atoms with Gasteiger partial charge in [-0.05, 0) is 88.4 Å². The van der Waals surface area contributed by atoms with Gasteiger partial charge in [0.2, 0.25) is 11.8 Å². The van der Waals surface area contributed by atoms with Crippen molar-refractivity contribution in [2.24, 2.45) is 0 Å². The molecule has 0 radical (unpaired) electrons. The summed E-state index contributed by atoms with van der Waals surface area (Å²) in [6.07, 6.45) is 0.749. The highest BCUT2D eigenvalue weighted by molar-refractivity contribution is 7.92. The number of nitrogens with zero attached hydrogens (tertiary/aromatic N) is 2. The highest BCUT2D eigenvalue weighted by atomic mass is 32.2. The van der Waals surface area contributed by atoms with E-state index in [9.17, 15) is 18.0 Å². The molecule has 2 amide bonds. The molecule has 0 aliphatic carbocycles. The highest BCUT2D eigenvalue weighted by Gasteiger charge is 2.33. The van der Waals surface area contributed by atoms with E-state index in [0.717, 1.165) is 34.2 Å². The van der Waals surface area contributed by atoms with Crippen molar-refractivity contribution in [3.8, 4) is 0 Å². The number of hydrogen-bond acceptors (Lipinski definition) is 4. The second kappa shape index (κ2) is 13.1. The first-order chi connectivity index (χ1) is 18.8. The summed E-state index contributed by atoms with van der Waals surface area (Å²) in [7, 11) is -4.10. The number of carbonyl (C=O) groups excluding carboxylic acids is 2. The van der Waals surface area contributed by atoms with Gasteiger partial charge in [-0.25, -0.2) is 8.42 Å². The summed E-state index contributed by atoms with van der Waals surface area (Å²) < 4.78 is 29.3. The Hall–Kier alpha value is -3.65. The van der Waals surface area contributed by atoms with Crippen LogP contribution in [0.5, 0.6) is 0 Å².